The fourth-order valence-electron chi connectivity index (χ4n) is 4.85. The fourth-order valence-corrected chi connectivity index (χ4v) is 4.85. The summed E-state index contributed by atoms with van der Waals surface area (Å²) in [6, 6.07) is 6.73. The molecule has 7 nitrogen and oxygen atoms in total. The molecule has 4 rings (SSSR count). The Labute approximate surface area is 220 Å². The number of nitrogens with zero attached hydrogens (tertiary/aromatic N) is 3. The Balaban J connectivity index is 1.79. The molecule has 1 amide bonds. The van der Waals surface area contributed by atoms with E-state index in [-0.39, 0.29) is 11.5 Å². The van der Waals surface area contributed by atoms with Gasteiger partial charge in [0.05, 0.1) is 29.3 Å². The van der Waals surface area contributed by atoms with E-state index >= 15 is 4.39 Å². The zero-order valence-electron chi connectivity index (χ0n) is 22.6. The number of anilines is 2. The highest BCUT2D eigenvalue weighted by atomic mass is 19.3. The topological polar surface area (TPSA) is 87.6 Å². The average molecular weight is 531 g/mol. The largest absolute Gasteiger partial charge is 0.384 e. The van der Waals surface area contributed by atoms with E-state index in [0.717, 1.165) is 36.6 Å². The van der Waals surface area contributed by atoms with E-state index in [0.29, 0.717) is 30.0 Å². The lowest BCUT2D eigenvalue weighted by molar-refractivity contribution is -0.170. The lowest BCUT2D eigenvalue weighted by atomic mass is 9.85. The predicted octanol–water partition coefficient (Wildman–Crippen LogP) is 5.38. The molecule has 0 fully saturated rings. The molecule has 0 saturated heterocycles. The fraction of sp³-hybridized carbons (Fsp3) is 0.464. The van der Waals surface area contributed by atoms with Crippen LogP contribution in [0, 0.1) is 12.7 Å². The molecule has 0 aliphatic carbocycles. The van der Waals surface area contributed by atoms with Crippen LogP contribution < -0.4 is 10.2 Å². The molecular weight excluding hydrogens is 497 g/mol. The molecule has 0 saturated carbocycles. The number of aromatic nitrogens is 2. The third-order valence-electron chi connectivity index (χ3n) is 7.30. The number of hydrogen-bond acceptors (Lipinski definition) is 6. The van der Waals surface area contributed by atoms with Gasteiger partial charge in [-0.1, -0.05) is 12.1 Å². The summed E-state index contributed by atoms with van der Waals surface area (Å²) in [5, 5.41) is 23.0. The van der Waals surface area contributed by atoms with Gasteiger partial charge in [0.15, 0.2) is 5.82 Å². The number of aliphatic hydroxyl groups is 1. The second-order valence-electron chi connectivity index (χ2n) is 10.8. The minimum atomic E-state index is -3.81. The van der Waals surface area contributed by atoms with Gasteiger partial charge < -0.3 is 20.1 Å². The van der Waals surface area contributed by atoms with Crippen LogP contribution in [0.25, 0.3) is 10.8 Å². The summed E-state index contributed by atoms with van der Waals surface area (Å²) in [7, 11) is 1.57. The van der Waals surface area contributed by atoms with Gasteiger partial charge in [0, 0.05) is 35.7 Å². The minimum Gasteiger partial charge on any atom is -0.384 e. The highest BCUT2D eigenvalue weighted by Crippen LogP contribution is 2.45. The molecule has 1 aliphatic heterocycles. The molecule has 3 aromatic rings. The van der Waals surface area contributed by atoms with Crippen LogP contribution in [0.2, 0.25) is 0 Å². The van der Waals surface area contributed by atoms with Gasteiger partial charge in [0.2, 0.25) is 5.91 Å². The molecule has 0 radical (unpaired) electrons. The molecule has 0 unspecified atom stereocenters. The normalized spacial score (nSPS) is 16.2. The Kier molecular flexibility index (Phi) is 6.95. The van der Waals surface area contributed by atoms with Gasteiger partial charge in [-0.3, -0.25) is 4.79 Å². The molecule has 0 spiro atoms. The minimum absolute atomic E-state index is 0.0128. The summed E-state index contributed by atoms with van der Waals surface area (Å²) in [6.07, 6.45) is 0. The van der Waals surface area contributed by atoms with Crippen LogP contribution in [0.4, 0.5) is 24.7 Å². The first-order valence-corrected chi connectivity index (χ1v) is 12.4. The summed E-state index contributed by atoms with van der Waals surface area (Å²) in [6.45, 7) is 9.80. The van der Waals surface area contributed by atoms with Crippen LogP contribution in [0.1, 0.15) is 63.0 Å². The smallest absolute Gasteiger partial charge is 0.303 e. The zero-order valence-corrected chi connectivity index (χ0v) is 22.6. The first kappa shape index (κ1) is 27.8. The maximum absolute atomic E-state index is 15.4. The highest BCUT2D eigenvalue weighted by Gasteiger charge is 2.49. The second kappa shape index (κ2) is 9.50. The Morgan fingerprint density at radius 2 is 1.87 bits per heavy atom. The molecule has 204 valence electrons. The Morgan fingerprint density at radius 1 is 1.18 bits per heavy atom. The Hall–Kier alpha value is -3.24. The lowest BCUT2D eigenvalue weighted by Gasteiger charge is -2.30. The van der Waals surface area contributed by atoms with Crippen LogP contribution in [0.15, 0.2) is 30.3 Å². The molecule has 2 N–H and O–H groups in total. The Morgan fingerprint density at radius 3 is 2.50 bits per heavy atom. The van der Waals surface area contributed by atoms with E-state index in [9.17, 15) is 18.7 Å². The summed E-state index contributed by atoms with van der Waals surface area (Å²) >= 11 is 0. The first-order valence-electron chi connectivity index (χ1n) is 12.4. The standard InChI is InChI=1S/C28H33F3N4O3/c1-15(17-9-8-10-20(23(17)29)28(30,31)27(5,6)37)32-24-19-14-22-21(13-18(19)16(2)33-34-24)26(3,4)25(36)35(22)11-12-38-7/h8-10,13-15,37H,11-12H2,1-7H3,(H,32,34)/t15-/m1/s1. The van der Waals surface area contributed by atoms with Crippen molar-refractivity contribution in [1.82, 2.24) is 10.2 Å². The number of carbonyl (C=O) groups is 1. The maximum atomic E-state index is 15.4. The van der Waals surface area contributed by atoms with Crippen molar-refractivity contribution in [2.45, 2.75) is 64.5 Å². The molecule has 2 aromatic carbocycles. The van der Waals surface area contributed by atoms with E-state index in [4.69, 9.17) is 4.74 Å². The predicted molar refractivity (Wildman–Crippen MR) is 140 cm³/mol. The van der Waals surface area contributed by atoms with E-state index in [2.05, 4.69) is 15.5 Å². The van der Waals surface area contributed by atoms with Crippen LogP contribution in [0.5, 0.6) is 0 Å². The van der Waals surface area contributed by atoms with E-state index < -0.39 is 34.4 Å². The number of halogens is 3. The van der Waals surface area contributed by atoms with Crippen LogP contribution in [0.3, 0.4) is 0 Å². The molecule has 1 atom stereocenters. The van der Waals surface area contributed by atoms with Gasteiger partial charge in [-0.2, -0.15) is 13.9 Å². The number of fused-ring (bicyclic) bond motifs is 2. The highest BCUT2D eigenvalue weighted by molar-refractivity contribution is 6.11. The molecule has 38 heavy (non-hydrogen) atoms. The number of benzene rings is 2. The van der Waals surface area contributed by atoms with Crippen LogP contribution in [-0.2, 0) is 20.9 Å². The number of aryl methyl sites for hydroxylation is 1. The number of ether oxygens (including phenoxy) is 1. The van der Waals surface area contributed by atoms with E-state index in [1.54, 1.807) is 18.9 Å². The monoisotopic (exact) mass is 530 g/mol. The van der Waals surface area contributed by atoms with E-state index in [1.807, 2.05) is 32.9 Å². The van der Waals surface area contributed by atoms with Crippen molar-refractivity contribution in [1.29, 1.82) is 0 Å². The van der Waals surface area contributed by atoms with Crippen molar-refractivity contribution < 1.29 is 27.8 Å². The van der Waals surface area contributed by atoms with Crippen molar-refractivity contribution >= 4 is 28.2 Å². The third kappa shape index (κ3) is 4.39. The Bertz CT molecular complexity index is 1400. The first-order chi connectivity index (χ1) is 17.6. The number of nitrogens with one attached hydrogen (secondary N) is 1. The number of carbonyl (C=O) groups excluding carboxylic acids is 1. The van der Waals surface area contributed by atoms with E-state index in [1.165, 1.54) is 12.1 Å². The molecule has 0 bridgehead atoms. The third-order valence-corrected chi connectivity index (χ3v) is 7.30. The van der Waals surface area contributed by atoms with Crippen molar-refractivity contribution in [2.24, 2.45) is 0 Å². The molecule has 10 heteroatoms. The average Bonchev–Trinajstić information content (AvgIpc) is 3.02. The zero-order chi connectivity index (χ0) is 28.2. The number of methoxy groups -OCH3 is 1. The van der Waals surface area contributed by atoms with Gasteiger partial charge in [-0.25, -0.2) is 4.39 Å². The molecule has 1 aromatic heterocycles. The summed E-state index contributed by atoms with van der Waals surface area (Å²) in [4.78, 5) is 14.9. The van der Waals surface area contributed by atoms with Gasteiger partial charge in [-0.15, -0.1) is 5.10 Å². The number of amides is 1. The van der Waals surface area contributed by atoms with Crippen LogP contribution in [-0.4, -0.2) is 47.1 Å². The number of alkyl halides is 2. The van der Waals surface area contributed by atoms with Gasteiger partial charge in [0.1, 0.15) is 11.4 Å². The second-order valence-corrected chi connectivity index (χ2v) is 10.8. The quantitative estimate of drug-likeness (QED) is 0.407. The van der Waals surface area contributed by atoms with Crippen molar-refractivity contribution in [2.75, 3.05) is 30.5 Å². The number of hydrogen-bond donors (Lipinski definition) is 2. The summed E-state index contributed by atoms with van der Waals surface area (Å²) < 4.78 is 50.2. The lowest BCUT2D eigenvalue weighted by Crippen LogP contribution is -2.41. The number of rotatable bonds is 8. The van der Waals surface area contributed by atoms with Gasteiger partial charge in [-0.05, 0) is 65.3 Å². The molecular formula is C28H33F3N4O3. The van der Waals surface area contributed by atoms with Crippen LogP contribution >= 0.6 is 0 Å². The van der Waals surface area contributed by atoms with Crippen molar-refractivity contribution in [3.63, 3.8) is 0 Å². The molecule has 2 heterocycles. The SMILES string of the molecule is COCCN1C(=O)C(C)(C)c2cc3c(C)nnc(N[C@H](C)c4cccc(C(F)(F)C(C)(C)O)c4F)c3cc21. The molecule has 1 aliphatic rings. The van der Waals surface area contributed by atoms with Crippen molar-refractivity contribution in [3.05, 3.63) is 58.5 Å². The maximum Gasteiger partial charge on any atom is 0.303 e. The van der Waals surface area contributed by atoms with Crippen molar-refractivity contribution in [3.8, 4) is 0 Å². The van der Waals surface area contributed by atoms with Gasteiger partial charge in [0.25, 0.3) is 0 Å². The van der Waals surface area contributed by atoms with Gasteiger partial charge >= 0.3 is 5.92 Å². The summed E-state index contributed by atoms with van der Waals surface area (Å²) in [5.41, 5.74) is -1.87. The summed E-state index contributed by atoms with van der Waals surface area (Å²) in [5.74, 6) is -4.64.